The molecule has 6 nitrogen and oxygen atoms in total. The lowest BCUT2D eigenvalue weighted by atomic mass is 10.2. The maximum absolute atomic E-state index is 8.78. The minimum absolute atomic E-state index is 0.00363. The first-order chi connectivity index (χ1) is 8.56. The first-order valence-corrected chi connectivity index (χ1v) is 5.58. The van der Waals surface area contributed by atoms with Gasteiger partial charge in [0.1, 0.15) is 0 Å². The number of halogens is 1. The molecular weight excluding hydrogens is 254 g/mol. The summed E-state index contributed by atoms with van der Waals surface area (Å²) >= 11 is 6.10. The molecule has 7 heteroatoms. The maximum Gasteiger partial charge on any atom is 0.172 e. The van der Waals surface area contributed by atoms with Crippen molar-refractivity contribution in [3.63, 3.8) is 0 Å². The third kappa shape index (κ3) is 1.91. The third-order valence-electron chi connectivity index (χ3n) is 2.61. The minimum Gasteiger partial charge on any atom is -0.409 e. The molecular formula is C11H12ClN5O. The van der Waals surface area contributed by atoms with Crippen LogP contribution >= 0.6 is 11.6 Å². The highest BCUT2D eigenvalue weighted by molar-refractivity contribution is 6.31. The predicted molar refractivity (Wildman–Crippen MR) is 68.4 cm³/mol. The Morgan fingerprint density at radius 1 is 1.50 bits per heavy atom. The molecule has 2 aromatic heterocycles. The fraction of sp³-hybridized carbons (Fsp3) is 0.182. The van der Waals surface area contributed by atoms with Gasteiger partial charge in [-0.05, 0) is 19.9 Å². The van der Waals surface area contributed by atoms with Gasteiger partial charge in [0.05, 0.1) is 28.3 Å². The van der Waals surface area contributed by atoms with Crippen molar-refractivity contribution in [3.05, 3.63) is 40.4 Å². The van der Waals surface area contributed by atoms with Crippen LogP contribution < -0.4 is 5.73 Å². The Morgan fingerprint density at radius 2 is 2.22 bits per heavy atom. The number of nitrogens with two attached hydrogens (primary N) is 1. The van der Waals surface area contributed by atoms with E-state index in [2.05, 4.69) is 15.2 Å². The van der Waals surface area contributed by atoms with Gasteiger partial charge in [0.25, 0.3) is 0 Å². The van der Waals surface area contributed by atoms with Crippen LogP contribution in [0, 0.1) is 13.8 Å². The van der Waals surface area contributed by atoms with E-state index < -0.39 is 0 Å². The number of nitrogens with zero attached hydrogens (tertiary/aromatic N) is 4. The molecule has 0 atom stereocenters. The molecule has 0 radical (unpaired) electrons. The van der Waals surface area contributed by atoms with Gasteiger partial charge in [0.2, 0.25) is 0 Å². The molecule has 3 N–H and O–H groups in total. The fourth-order valence-corrected chi connectivity index (χ4v) is 1.80. The van der Waals surface area contributed by atoms with Crippen molar-refractivity contribution in [3.8, 4) is 5.69 Å². The monoisotopic (exact) mass is 265 g/mol. The Hall–Kier alpha value is -2.08. The predicted octanol–water partition coefficient (Wildman–Crippen LogP) is 1.63. The topological polar surface area (TPSA) is 89.3 Å². The Bertz CT molecular complexity index is 620. The molecule has 0 unspecified atom stereocenters. The summed E-state index contributed by atoms with van der Waals surface area (Å²) in [5, 5.41) is 16.7. The lowest BCUT2D eigenvalue weighted by Gasteiger charge is -2.09. The van der Waals surface area contributed by atoms with Gasteiger partial charge in [0, 0.05) is 11.8 Å². The van der Waals surface area contributed by atoms with Gasteiger partial charge >= 0.3 is 0 Å². The van der Waals surface area contributed by atoms with Crippen molar-refractivity contribution in [2.24, 2.45) is 10.9 Å². The van der Waals surface area contributed by atoms with Crippen LogP contribution in [0.2, 0.25) is 5.02 Å². The van der Waals surface area contributed by atoms with Crippen LogP contribution in [0.15, 0.2) is 23.6 Å². The smallest absolute Gasteiger partial charge is 0.172 e. The summed E-state index contributed by atoms with van der Waals surface area (Å²) in [4.78, 5) is 4.02. The number of hydrogen-bond donors (Lipinski definition) is 2. The van der Waals surface area contributed by atoms with Crippen LogP contribution in [0.25, 0.3) is 5.69 Å². The van der Waals surface area contributed by atoms with Gasteiger partial charge in [-0.3, -0.25) is 4.98 Å². The zero-order valence-electron chi connectivity index (χ0n) is 9.92. The number of pyridine rings is 1. The normalized spacial score (nSPS) is 11.8. The van der Waals surface area contributed by atoms with E-state index in [0.717, 1.165) is 5.69 Å². The second-order valence-corrected chi connectivity index (χ2v) is 4.15. The summed E-state index contributed by atoms with van der Waals surface area (Å²) in [6, 6.07) is 1.65. The van der Waals surface area contributed by atoms with E-state index >= 15 is 0 Å². The van der Waals surface area contributed by atoms with E-state index in [1.807, 2.05) is 13.8 Å². The summed E-state index contributed by atoms with van der Waals surface area (Å²) in [7, 11) is 0. The van der Waals surface area contributed by atoms with E-state index in [-0.39, 0.29) is 5.84 Å². The van der Waals surface area contributed by atoms with Gasteiger partial charge in [-0.25, -0.2) is 4.68 Å². The van der Waals surface area contributed by atoms with Crippen molar-refractivity contribution in [2.75, 3.05) is 0 Å². The Morgan fingerprint density at radius 3 is 2.78 bits per heavy atom. The molecule has 2 heterocycles. The van der Waals surface area contributed by atoms with E-state index in [1.54, 1.807) is 23.1 Å². The number of rotatable bonds is 2. The zero-order valence-corrected chi connectivity index (χ0v) is 10.7. The molecule has 2 aromatic rings. The number of amidine groups is 1. The second-order valence-electron chi connectivity index (χ2n) is 3.77. The molecule has 2 rings (SSSR count). The zero-order chi connectivity index (χ0) is 13.3. The average molecular weight is 266 g/mol. The quantitative estimate of drug-likeness (QED) is 0.374. The van der Waals surface area contributed by atoms with Crippen molar-refractivity contribution in [1.29, 1.82) is 0 Å². The largest absolute Gasteiger partial charge is 0.409 e. The molecule has 0 saturated heterocycles. The lowest BCUT2D eigenvalue weighted by molar-refractivity contribution is 0.318. The Kier molecular flexibility index (Phi) is 3.20. The highest BCUT2D eigenvalue weighted by Gasteiger charge is 2.15. The van der Waals surface area contributed by atoms with Crippen molar-refractivity contribution >= 4 is 17.4 Å². The molecule has 94 valence electrons. The van der Waals surface area contributed by atoms with Crippen LogP contribution in [-0.2, 0) is 0 Å². The summed E-state index contributed by atoms with van der Waals surface area (Å²) < 4.78 is 1.62. The molecule has 0 aliphatic carbocycles. The summed E-state index contributed by atoms with van der Waals surface area (Å²) in [5.74, 6) is -0.00363. The summed E-state index contributed by atoms with van der Waals surface area (Å²) in [5.41, 5.74) is 8.26. The average Bonchev–Trinajstić information content (AvgIpc) is 2.65. The number of aromatic nitrogens is 3. The van der Waals surface area contributed by atoms with E-state index in [0.29, 0.717) is 22.0 Å². The third-order valence-corrected chi connectivity index (χ3v) is 3.16. The van der Waals surface area contributed by atoms with E-state index in [9.17, 15) is 0 Å². The number of hydrogen-bond acceptors (Lipinski definition) is 4. The molecule has 0 saturated carbocycles. The molecule has 18 heavy (non-hydrogen) atoms. The van der Waals surface area contributed by atoms with Crippen molar-refractivity contribution in [1.82, 2.24) is 14.8 Å². The highest BCUT2D eigenvalue weighted by atomic mass is 35.5. The summed E-state index contributed by atoms with van der Waals surface area (Å²) in [6.45, 7) is 3.65. The first kappa shape index (κ1) is 12.4. The standard InChI is InChI=1S/C11H12ClN5O/c1-6-10(12)7(2)17(15-6)9-5-14-4-3-8(9)11(13)16-18/h3-5,18H,1-2H3,(H2,13,16). The number of oxime groups is 1. The first-order valence-electron chi connectivity index (χ1n) is 5.20. The van der Waals surface area contributed by atoms with Crippen LogP contribution in [0.4, 0.5) is 0 Å². The Labute approximate surface area is 109 Å². The fourth-order valence-electron chi connectivity index (χ4n) is 1.68. The molecule has 0 spiro atoms. The van der Waals surface area contributed by atoms with E-state index in [1.165, 1.54) is 0 Å². The van der Waals surface area contributed by atoms with Crippen LogP contribution in [0.5, 0.6) is 0 Å². The SMILES string of the molecule is Cc1nn(-c2cnccc2/C(N)=N/O)c(C)c1Cl. The van der Waals surface area contributed by atoms with Gasteiger partial charge in [-0.1, -0.05) is 16.8 Å². The Balaban J connectivity index is 2.68. The highest BCUT2D eigenvalue weighted by Crippen LogP contribution is 2.23. The minimum atomic E-state index is -0.00363. The molecule has 0 aromatic carbocycles. The van der Waals surface area contributed by atoms with Crippen molar-refractivity contribution < 1.29 is 5.21 Å². The maximum atomic E-state index is 8.78. The van der Waals surface area contributed by atoms with Crippen LogP contribution in [0.1, 0.15) is 17.0 Å². The molecule has 0 fully saturated rings. The molecule has 0 aliphatic rings. The van der Waals surface area contributed by atoms with Crippen LogP contribution in [0.3, 0.4) is 0 Å². The molecule has 0 amide bonds. The van der Waals surface area contributed by atoms with Gasteiger partial charge in [0.15, 0.2) is 5.84 Å². The van der Waals surface area contributed by atoms with E-state index in [4.69, 9.17) is 22.5 Å². The van der Waals surface area contributed by atoms with Crippen LogP contribution in [-0.4, -0.2) is 25.8 Å². The molecule has 0 aliphatic heterocycles. The van der Waals surface area contributed by atoms with Gasteiger partial charge < -0.3 is 10.9 Å². The van der Waals surface area contributed by atoms with Crippen molar-refractivity contribution in [2.45, 2.75) is 13.8 Å². The molecule has 0 bridgehead atoms. The van der Waals surface area contributed by atoms with Gasteiger partial charge in [-0.15, -0.1) is 0 Å². The van der Waals surface area contributed by atoms with Gasteiger partial charge in [-0.2, -0.15) is 5.10 Å². The number of aryl methyl sites for hydroxylation is 1. The lowest BCUT2D eigenvalue weighted by Crippen LogP contribution is -2.17. The summed E-state index contributed by atoms with van der Waals surface area (Å²) in [6.07, 6.45) is 3.15. The second kappa shape index (κ2) is 4.66.